The molecule has 2 aliphatic rings. The Kier molecular flexibility index (Phi) is 7.14. The second kappa shape index (κ2) is 10.2. The summed E-state index contributed by atoms with van der Waals surface area (Å²) in [5.41, 5.74) is 1.70. The van der Waals surface area contributed by atoms with Crippen LogP contribution in [0.3, 0.4) is 0 Å². The summed E-state index contributed by atoms with van der Waals surface area (Å²) in [6.45, 7) is 5.58. The Balaban J connectivity index is 1.56. The first kappa shape index (κ1) is 23.1. The Bertz CT molecular complexity index is 1080. The molecule has 3 heterocycles. The van der Waals surface area contributed by atoms with Gasteiger partial charge >= 0.3 is 0 Å². The van der Waals surface area contributed by atoms with E-state index in [4.69, 9.17) is 4.74 Å². The van der Waals surface area contributed by atoms with E-state index in [1.54, 1.807) is 6.08 Å². The van der Waals surface area contributed by atoms with Crippen LogP contribution >= 0.6 is 0 Å². The van der Waals surface area contributed by atoms with Crippen molar-refractivity contribution in [1.29, 1.82) is 5.26 Å². The molecule has 0 saturated carbocycles. The molecule has 2 fully saturated rings. The summed E-state index contributed by atoms with van der Waals surface area (Å²) in [4.78, 5) is 27.8. The molecule has 33 heavy (non-hydrogen) atoms. The van der Waals surface area contributed by atoms with Crippen LogP contribution in [-0.2, 0) is 20.9 Å². The number of nitrogens with zero attached hydrogens (tertiary/aromatic N) is 3. The van der Waals surface area contributed by atoms with Crippen LogP contribution in [0, 0.1) is 11.3 Å². The molecule has 2 aromatic rings. The normalized spacial score (nSPS) is 23.5. The molecule has 2 amide bonds. The first-order valence-corrected chi connectivity index (χ1v) is 11.9. The zero-order chi connectivity index (χ0) is 23.4. The lowest BCUT2D eigenvalue weighted by atomic mass is 9.97. The van der Waals surface area contributed by atoms with Crippen LogP contribution in [0.15, 0.2) is 36.0 Å². The summed E-state index contributed by atoms with van der Waals surface area (Å²) < 4.78 is 7.47. The topological polar surface area (TPSA) is 87.4 Å². The van der Waals surface area contributed by atoms with E-state index in [9.17, 15) is 14.9 Å². The second-order valence-electron chi connectivity index (χ2n) is 9.17. The van der Waals surface area contributed by atoms with E-state index in [0.29, 0.717) is 13.2 Å². The number of amides is 2. The number of rotatable bonds is 6. The molecular weight excluding hydrogens is 416 g/mol. The van der Waals surface area contributed by atoms with Gasteiger partial charge in [0.2, 0.25) is 5.91 Å². The number of para-hydroxylation sites is 1. The van der Waals surface area contributed by atoms with Gasteiger partial charge in [0, 0.05) is 47.9 Å². The van der Waals surface area contributed by atoms with E-state index in [1.807, 2.05) is 46.0 Å². The molecule has 0 radical (unpaired) electrons. The summed E-state index contributed by atoms with van der Waals surface area (Å²) in [6, 6.07) is 10.3. The number of hydrogen-bond donors (Lipinski definition) is 1. The fraction of sp³-hybridized carbons (Fsp3) is 0.500. The predicted octanol–water partition coefficient (Wildman–Crippen LogP) is 3.63. The molecule has 7 heteroatoms. The highest BCUT2D eigenvalue weighted by Gasteiger charge is 2.29. The summed E-state index contributed by atoms with van der Waals surface area (Å²) in [5, 5.41) is 13.3. The molecule has 1 N–H and O–H groups in total. The van der Waals surface area contributed by atoms with Crippen LogP contribution < -0.4 is 5.32 Å². The first-order valence-electron chi connectivity index (χ1n) is 11.9. The van der Waals surface area contributed by atoms with Crippen LogP contribution in [0.25, 0.3) is 17.0 Å². The zero-order valence-corrected chi connectivity index (χ0v) is 19.4. The van der Waals surface area contributed by atoms with Crippen molar-refractivity contribution in [3.63, 3.8) is 0 Å². The zero-order valence-electron chi connectivity index (χ0n) is 19.4. The summed E-state index contributed by atoms with van der Waals surface area (Å²) in [7, 11) is 0. The summed E-state index contributed by atoms with van der Waals surface area (Å²) >= 11 is 0. The number of likely N-dealkylation sites (tertiary alicyclic amines) is 1. The van der Waals surface area contributed by atoms with E-state index in [0.717, 1.165) is 48.6 Å². The maximum atomic E-state index is 13.2. The van der Waals surface area contributed by atoms with E-state index in [1.165, 1.54) is 0 Å². The molecule has 1 aromatic carbocycles. The van der Waals surface area contributed by atoms with Gasteiger partial charge in [-0.25, -0.2) is 0 Å². The third kappa shape index (κ3) is 5.12. The quantitative estimate of drug-likeness (QED) is 0.540. The average Bonchev–Trinajstić information content (AvgIpc) is 3.44. The van der Waals surface area contributed by atoms with Gasteiger partial charge in [-0.05, 0) is 58.1 Å². The lowest BCUT2D eigenvalue weighted by Gasteiger charge is -2.39. The molecule has 0 unspecified atom stereocenters. The van der Waals surface area contributed by atoms with Crippen molar-refractivity contribution in [3.8, 4) is 6.07 Å². The van der Waals surface area contributed by atoms with Crippen molar-refractivity contribution in [1.82, 2.24) is 14.8 Å². The standard InChI is InChI=1S/C26H32N4O3/c1-18-7-5-8-19(2)30(18)25(31)17-29-16-21(23-10-3-4-11-24(23)29)13-20(14-27)26(32)28-15-22-9-6-12-33-22/h3-4,10-11,13,16,18-19,22H,5-9,12,15,17H2,1-2H3,(H,28,32)/b20-13+/t18-,19-,22-/m1/s1. The number of piperidine rings is 1. The lowest BCUT2D eigenvalue weighted by Crippen LogP contribution is -2.48. The maximum absolute atomic E-state index is 13.2. The van der Waals surface area contributed by atoms with Crippen LogP contribution in [0.1, 0.15) is 51.5 Å². The van der Waals surface area contributed by atoms with E-state index < -0.39 is 5.91 Å². The van der Waals surface area contributed by atoms with Crippen LogP contribution in [0.5, 0.6) is 0 Å². The fourth-order valence-electron chi connectivity index (χ4n) is 5.07. The summed E-state index contributed by atoms with van der Waals surface area (Å²) in [6.07, 6.45) is 8.62. The maximum Gasteiger partial charge on any atom is 0.262 e. The Labute approximate surface area is 195 Å². The van der Waals surface area contributed by atoms with Crippen molar-refractivity contribution < 1.29 is 14.3 Å². The Morgan fingerprint density at radius 1 is 1.18 bits per heavy atom. The van der Waals surface area contributed by atoms with Crippen molar-refractivity contribution in [3.05, 3.63) is 41.6 Å². The molecule has 174 valence electrons. The molecule has 3 atom stereocenters. The van der Waals surface area contributed by atoms with E-state index in [2.05, 4.69) is 19.2 Å². The number of ether oxygens (including phenoxy) is 1. The monoisotopic (exact) mass is 448 g/mol. The van der Waals surface area contributed by atoms with Gasteiger partial charge in [0.1, 0.15) is 18.2 Å². The van der Waals surface area contributed by atoms with Gasteiger partial charge in [0.15, 0.2) is 0 Å². The number of carbonyl (C=O) groups excluding carboxylic acids is 2. The number of carbonyl (C=O) groups is 2. The molecular formula is C26H32N4O3. The average molecular weight is 449 g/mol. The van der Waals surface area contributed by atoms with Gasteiger partial charge in [-0.15, -0.1) is 0 Å². The Morgan fingerprint density at radius 2 is 1.94 bits per heavy atom. The smallest absolute Gasteiger partial charge is 0.262 e. The number of fused-ring (bicyclic) bond motifs is 1. The largest absolute Gasteiger partial charge is 0.376 e. The van der Waals surface area contributed by atoms with Gasteiger partial charge in [-0.3, -0.25) is 9.59 Å². The minimum Gasteiger partial charge on any atom is -0.376 e. The molecule has 1 aromatic heterocycles. The molecule has 0 spiro atoms. The lowest BCUT2D eigenvalue weighted by molar-refractivity contribution is -0.137. The first-order chi connectivity index (χ1) is 16.0. The second-order valence-corrected chi connectivity index (χ2v) is 9.17. The highest BCUT2D eigenvalue weighted by atomic mass is 16.5. The molecule has 0 bridgehead atoms. The number of nitriles is 1. The highest BCUT2D eigenvalue weighted by molar-refractivity contribution is 6.04. The molecule has 2 aliphatic heterocycles. The number of benzene rings is 1. The van der Waals surface area contributed by atoms with Gasteiger partial charge in [-0.2, -0.15) is 5.26 Å². The van der Waals surface area contributed by atoms with Gasteiger partial charge in [0.05, 0.1) is 6.10 Å². The van der Waals surface area contributed by atoms with Gasteiger partial charge in [-0.1, -0.05) is 18.2 Å². The number of hydrogen-bond acceptors (Lipinski definition) is 4. The minimum atomic E-state index is -0.406. The van der Waals surface area contributed by atoms with Crippen molar-refractivity contribution in [2.45, 2.75) is 70.7 Å². The number of aromatic nitrogens is 1. The fourth-order valence-corrected chi connectivity index (χ4v) is 5.07. The molecule has 4 rings (SSSR count). The number of nitrogens with one attached hydrogen (secondary N) is 1. The predicted molar refractivity (Wildman–Crippen MR) is 127 cm³/mol. The minimum absolute atomic E-state index is 0.0152. The highest BCUT2D eigenvalue weighted by Crippen LogP contribution is 2.26. The molecule has 0 aliphatic carbocycles. The van der Waals surface area contributed by atoms with Gasteiger partial charge in [0.25, 0.3) is 5.91 Å². The third-order valence-electron chi connectivity index (χ3n) is 6.79. The van der Waals surface area contributed by atoms with Crippen LogP contribution in [-0.4, -0.2) is 52.6 Å². The van der Waals surface area contributed by atoms with Crippen molar-refractivity contribution in [2.24, 2.45) is 0 Å². The Hall–Kier alpha value is -3.11. The molecule has 2 saturated heterocycles. The SMILES string of the molecule is C[C@@H]1CCC[C@@H](C)N1C(=O)Cn1cc(/C=C(\C#N)C(=O)NC[C@H]2CCCO2)c2ccccc21. The van der Waals surface area contributed by atoms with Crippen molar-refractivity contribution in [2.75, 3.05) is 13.2 Å². The van der Waals surface area contributed by atoms with E-state index >= 15 is 0 Å². The van der Waals surface area contributed by atoms with Crippen LogP contribution in [0.4, 0.5) is 0 Å². The molecule has 7 nitrogen and oxygen atoms in total. The van der Waals surface area contributed by atoms with Crippen LogP contribution in [0.2, 0.25) is 0 Å². The summed E-state index contributed by atoms with van der Waals surface area (Å²) in [5.74, 6) is -0.308. The van der Waals surface area contributed by atoms with Crippen molar-refractivity contribution >= 4 is 28.8 Å². The Morgan fingerprint density at radius 3 is 2.64 bits per heavy atom. The van der Waals surface area contributed by atoms with E-state index in [-0.39, 0.29) is 36.2 Å². The van der Waals surface area contributed by atoms with Gasteiger partial charge < -0.3 is 19.5 Å². The third-order valence-corrected chi connectivity index (χ3v) is 6.79.